The number of nitrogens with zero attached hydrogens (tertiary/aromatic N) is 3. The topological polar surface area (TPSA) is 85.8 Å². The van der Waals surface area contributed by atoms with Crippen LogP contribution in [-0.4, -0.2) is 56.4 Å². The van der Waals surface area contributed by atoms with Gasteiger partial charge < -0.3 is 24.4 Å². The maximum Gasteiger partial charge on any atom is 0.221 e. The Morgan fingerprint density at radius 2 is 1.70 bits per heavy atom. The number of methoxy groups -OCH3 is 2. The van der Waals surface area contributed by atoms with Crippen LogP contribution < -0.4 is 19.7 Å². The molecule has 1 aliphatic rings. The SMILES string of the molecule is COc1cc2nc(-c3ccc(NC(C)=O)cc3)nc(N3CCOCC3)c2cc1OC. The second kappa shape index (κ2) is 8.54. The Morgan fingerprint density at radius 3 is 2.33 bits per heavy atom. The third-order valence-electron chi connectivity index (χ3n) is 4.96. The summed E-state index contributed by atoms with van der Waals surface area (Å²) in [7, 11) is 3.22. The van der Waals surface area contributed by atoms with E-state index >= 15 is 0 Å². The van der Waals surface area contributed by atoms with Crippen LogP contribution in [0.25, 0.3) is 22.3 Å². The molecule has 2 heterocycles. The van der Waals surface area contributed by atoms with Crippen LogP contribution in [0.5, 0.6) is 11.5 Å². The number of morpholine rings is 1. The van der Waals surface area contributed by atoms with E-state index in [1.807, 2.05) is 36.4 Å². The number of carbonyl (C=O) groups is 1. The molecule has 1 N–H and O–H groups in total. The molecule has 0 atom stereocenters. The number of amides is 1. The van der Waals surface area contributed by atoms with Crippen molar-refractivity contribution in [3.05, 3.63) is 36.4 Å². The van der Waals surface area contributed by atoms with E-state index in [9.17, 15) is 4.79 Å². The van der Waals surface area contributed by atoms with Crippen LogP contribution in [0.15, 0.2) is 36.4 Å². The third-order valence-corrected chi connectivity index (χ3v) is 4.96. The molecular weight excluding hydrogens is 384 g/mol. The first kappa shape index (κ1) is 19.9. The van der Waals surface area contributed by atoms with Gasteiger partial charge in [-0.1, -0.05) is 0 Å². The summed E-state index contributed by atoms with van der Waals surface area (Å²) in [6.45, 7) is 4.29. The van der Waals surface area contributed by atoms with Crippen LogP contribution in [0.4, 0.5) is 11.5 Å². The minimum absolute atomic E-state index is 0.111. The summed E-state index contributed by atoms with van der Waals surface area (Å²) in [6.07, 6.45) is 0. The van der Waals surface area contributed by atoms with Crippen molar-refractivity contribution in [2.45, 2.75) is 6.92 Å². The van der Waals surface area contributed by atoms with Gasteiger partial charge in [-0.3, -0.25) is 4.79 Å². The van der Waals surface area contributed by atoms with Gasteiger partial charge in [0.1, 0.15) is 5.82 Å². The Bertz CT molecular complexity index is 1060. The Kier molecular flexibility index (Phi) is 5.67. The predicted octanol–water partition coefficient (Wildman–Crippen LogP) is 3.11. The standard InChI is InChI=1S/C22H24N4O4/c1-14(27)23-16-6-4-15(5-7-16)21-24-18-13-20(29-3)19(28-2)12-17(18)22(25-21)26-8-10-30-11-9-26/h4-7,12-13H,8-11H2,1-3H3,(H,23,27). The van der Waals surface area contributed by atoms with E-state index in [1.165, 1.54) is 6.92 Å². The van der Waals surface area contributed by atoms with Crippen molar-refractivity contribution in [1.82, 2.24) is 9.97 Å². The van der Waals surface area contributed by atoms with Gasteiger partial charge in [0.15, 0.2) is 17.3 Å². The van der Waals surface area contributed by atoms with Gasteiger partial charge in [-0.2, -0.15) is 0 Å². The zero-order valence-corrected chi connectivity index (χ0v) is 17.3. The van der Waals surface area contributed by atoms with Gasteiger partial charge in [0.25, 0.3) is 0 Å². The van der Waals surface area contributed by atoms with Crippen LogP contribution in [0.3, 0.4) is 0 Å². The Balaban J connectivity index is 1.84. The average molecular weight is 408 g/mol. The van der Waals surface area contributed by atoms with Crippen molar-refractivity contribution in [2.75, 3.05) is 50.7 Å². The molecule has 1 aliphatic heterocycles. The van der Waals surface area contributed by atoms with Crippen molar-refractivity contribution in [2.24, 2.45) is 0 Å². The van der Waals surface area contributed by atoms with Gasteiger partial charge in [-0.25, -0.2) is 9.97 Å². The average Bonchev–Trinajstić information content (AvgIpc) is 2.78. The van der Waals surface area contributed by atoms with E-state index in [1.54, 1.807) is 14.2 Å². The fourth-order valence-corrected chi connectivity index (χ4v) is 3.49. The highest BCUT2D eigenvalue weighted by Crippen LogP contribution is 2.36. The normalized spacial score (nSPS) is 13.9. The molecule has 0 unspecified atom stereocenters. The lowest BCUT2D eigenvalue weighted by atomic mass is 10.1. The molecule has 30 heavy (non-hydrogen) atoms. The first-order valence-electron chi connectivity index (χ1n) is 9.73. The monoisotopic (exact) mass is 408 g/mol. The molecule has 0 saturated carbocycles. The minimum Gasteiger partial charge on any atom is -0.493 e. The molecule has 8 nitrogen and oxygen atoms in total. The molecule has 4 rings (SSSR count). The van der Waals surface area contributed by atoms with E-state index in [0.717, 1.165) is 41.1 Å². The van der Waals surface area contributed by atoms with Crippen LogP contribution in [0, 0.1) is 0 Å². The highest BCUT2D eigenvalue weighted by atomic mass is 16.5. The molecule has 2 aromatic carbocycles. The quantitative estimate of drug-likeness (QED) is 0.694. The number of hydrogen-bond donors (Lipinski definition) is 1. The fourth-order valence-electron chi connectivity index (χ4n) is 3.49. The van der Waals surface area contributed by atoms with Gasteiger partial charge in [-0.15, -0.1) is 0 Å². The number of carbonyl (C=O) groups excluding carboxylic acids is 1. The second-order valence-electron chi connectivity index (χ2n) is 6.95. The predicted molar refractivity (Wildman–Crippen MR) is 115 cm³/mol. The fraction of sp³-hybridized carbons (Fsp3) is 0.318. The van der Waals surface area contributed by atoms with Gasteiger partial charge in [-0.05, 0) is 30.3 Å². The Labute approximate surface area is 174 Å². The first-order valence-corrected chi connectivity index (χ1v) is 9.73. The molecule has 1 aromatic heterocycles. The summed E-state index contributed by atoms with van der Waals surface area (Å²) in [5.74, 6) is 2.58. The summed E-state index contributed by atoms with van der Waals surface area (Å²) in [4.78, 5) is 23.2. The summed E-state index contributed by atoms with van der Waals surface area (Å²) in [5.41, 5.74) is 2.35. The van der Waals surface area contributed by atoms with Gasteiger partial charge in [0, 0.05) is 42.7 Å². The highest BCUT2D eigenvalue weighted by molar-refractivity contribution is 5.94. The van der Waals surface area contributed by atoms with E-state index in [-0.39, 0.29) is 5.91 Å². The summed E-state index contributed by atoms with van der Waals surface area (Å²) in [6, 6.07) is 11.3. The molecule has 8 heteroatoms. The van der Waals surface area contributed by atoms with Crippen LogP contribution >= 0.6 is 0 Å². The second-order valence-corrected chi connectivity index (χ2v) is 6.95. The number of rotatable bonds is 5. The summed E-state index contributed by atoms with van der Waals surface area (Å²) in [5, 5.41) is 3.67. The van der Waals surface area contributed by atoms with E-state index in [2.05, 4.69) is 10.2 Å². The van der Waals surface area contributed by atoms with Gasteiger partial charge in [0.2, 0.25) is 5.91 Å². The van der Waals surface area contributed by atoms with E-state index < -0.39 is 0 Å². The minimum atomic E-state index is -0.111. The largest absolute Gasteiger partial charge is 0.493 e. The third kappa shape index (κ3) is 3.99. The number of aromatic nitrogens is 2. The van der Waals surface area contributed by atoms with Crippen molar-refractivity contribution in [3.8, 4) is 22.9 Å². The first-order chi connectivity index (χ1) is 14.6. The molecular formula is C22H24N4O4. The van der Waals surface area contributed by atoms with Crippen LogP contribution in [0.1, 0.15) is 6.92 Å². The number of hydrogen-bond acceptors (Lipinski definition) is 7. The Hall–Kier alpha value is -3.39. The number of nitrogens with one attached hydrogen (secondary N) is 1. The highest BCUT2D eigenvalue weighted by Gasteiger charge is 2.20. The Morgan fingerprint density at radius 1 is 1.03 bits per heavy atom. The van der Waals surface area contributed by atoms with Crippen molar-refractivity contribution in [3.63, 3.8) is 0 Å². The molecule has 156 valence electrons. The molecule has 0 aliphatic carbocycles. The molecule has 0 spiro atoms. The van der Waals surface area contributed by atoms with Gasteiger partial charge >= 0.3 is 0 Å². The van der Waals surface area contributed by atoms with E-state index in [0.29, 0.717) is 30.5 Å². The maximum atomic E-state index is 11.3. The van der Waals surface area contributed by atoms with Crippen LogP contribution in [-0.2, 0) is 9.53 Å². The lowest BCUT2D eigenvalue weighted by molar-refractivity contribution is -0.114. The number of ether oxygens (including phenoxy) is 3. The smallest absolute Gasteiger partial charge is 0.221 e. The lowest BCUT2D eigenvalue weighted by Gasteiger charge is -2.29. The summed E-state index contributed by atoms with van der Waals surface area (Å²) < 4.78 is 16.5. The summed E-state index contributed by atoms with van der Waals surface area (Å²) >= 11 is 0. The molecule has 3 aromatic rings. The van der Waals surface area contributed by atoms with Crippen LogP contribution in [0.2, 0.25) is 0 Å². The molecule has 1 amide bonds. The molecule has 0 radical (unpaired) electrons. The molecule has 1 fully saturated rings. The maximum absolute atomic E-state index is 11.3. The zero-order chi connectivity index (χ0) is 21.1. The lowest BCUT2D eigenvalue weighted by Crippen LogP contribution is -2.37. The van der Waals surface area contributed by atoms with Crippen molar-refractivity contribution >= 4 is 28.3 Å². The van der Waals surface area contributed by atoms with Gasteiger partial charge in [0.05, 0.1) is 33.0 Å². The number of anilines is 2. The molecule has 1 saturated heterocycles. The number of benzene rings is 2. The van der Waals surface area contributed by atoms with E-state index in [4.69, 9.17) is 24.2 Å². The van der Waals surface area contributed by atoms with Crippen molar-refractivity contribution < 1.29 is 19.0 Å². The zero-order valence-electron chi connectivity index (χ0n) is 17.3. The number of fused-ring (bicyclic) bond motifs is 1. The van der Waals surface area contributed by atoms with Crippen molar-refractivity contribution in [1.29, 1.82) is 0 Å². The molecule has 0 bridgehead atoms.